The fraction of sp³-hybridized carbons (Fsp3) is 0.562. The van der Waals surface area contributed by atoms with Gasteiger partial charge in [0.1, 0.15) is 6.04 Å². The Labute approximate surface area is 241 Å². The van der Waals surface area contributed by atoms with Crippen LogP contribution in [-0.2, 0) is 26.2 Å². The minimum absolute atomic E-state index is 0.230. The summed E-state index contributed by atoms with van der Waals surface area (Å²) in [5, 5.41) is 12.3. The van der Waals surface area contributed by atoms with Gasteiger partial charge in [0, 0.05) is 19.5 Å². The molecule has 8 heteroatoms. The summed E-state index contributed by atoms with van der Waals surface area (Å²) in [6, 6.07) is 12.3. The molecule has 1 atom stereocenters. The Hall–Kier alpha value is -2.71. The lowest BCUT2D eigenvalue weighted by molar-refractivity contribution is -0.142. The molecule has 0 aromatic heterocycles. The van der Waals surface area contributed by atoms with Crippen LogP contribution in [0.3, 0.4) is 0 Å². The number of hydrogen-bond acceptors (Lipinski definition) is 4. The van der Waals surface area contributed by atoms with Crippen LogP contribution in [0.25, 0.3) is 0 Å². The minimum Gasteiger partial charge on any atom is -0.480 e. The molecule has 0 radical (unpaired) electrons. The zero-order chi connectivity index (χ0) is 29.5. The Morgan fingerprint density at radius 1 is 0.875 bits per heavy atom. The molecule has 40 heavy (non-hydrogen) atoms. The largest absolute Gasteiger partial charge is 0.480 e. The molecule has 1 amide bonds. The summed E-state index contributed by atoms with van der Waals surface area (Å²) in [5.41, 5.74) is 3.32. The fourth-order valence-electron chi connectivity index (χ4n) is 5.18. The number of unbranched alkanes of at least 4 members (excludes halogenated alkanes) is 7. The average molecular weight is 573 g/mol. The van der Waals surface area contributed by atoms with Crippen LogP contribution in [0, 0.1) is 20.8 Å². The second-order valence-electron chi connectivity index (χ2n) is 10.9. The molecule has 0 aliphatic rings. The number of carbonyl (C=O) groups excluding carboxylic acids is 1. The number of aryl methyl sites for hydroxylation is 3. The van der Waals surface area contributed by atoms with Crippen LogP contribution in [0.1, 0.15) is 99.8 Å². The van der Waals surface area contributed by atoms with E-state index < -0.39 is 22.0 Å². The molecular formula is C32H48N2O5S. The molecule has 0 bridgehead atoms. The lowest BCUT2D eigenvalue weighted by atomic mass is 10.1. The number of hydrogen-bond donors (Lipinski definition) is 2. The number of carboxylic acid groups (broad SMARTS) is 1. The molecule has 0 saturated carbocycles. The fourth-order valence-corrected chi connectivity index (χ4v) is 7.06. The first kappa shape index (κ1) is 33.5. The van der Waals surface area contributed by atoms with Crippen molar-refractivity contribution in [1.82, 2.24) is 9.62 Å². The van der Waals surface area contributed by atoms with E-state index in [4.69, 9.17) is 0 Å². The molecule has 0 saturated heterocycles. The number of nitrogens with zero attached hydrogens (tertiary/aromatic N) is 1. The maximum atomic E-state index is 13.8. The van der Waals surface area contributed by atoms with Crippen molar-refractivity contribution >= 4 is 21.9 Å². The summed E-state index contributed by atoms with van der Waals surface area (Å²) in [4.78, 5) is 24.5. The van der Waals surface area contributed by atoms with Crippen LogP contribution in [0.4, 0.5) is 0 Å². The third kappa shape index (κ3) is 11.0. The van der Waals surface area contributed by atoms with Crippen molar-refractivity contribution in [2.75, 3.05) is 6.54 Å². The third-order valence-corrected chi connectivity index (χ3v) is 9.35. The highest BCUT2D eigenvalue weighted by Gasteiger charge is 2.28. The number of amides is 1. The van der Waals surface area contributed by atoms with Crippen molar-refractivity contribution in [3.8, 4) is 0 Å². The number of sulfonamides is 1. The van der Waals surface area contributed by atoms with Gasteiger partial charge in [-0.2, -0.15) is 4.31 Å². The smallest absolute Gasteiger partial charge is 0.326 e. The molecule has 0 fully saturated rings. The van der Waals surface area contributed by atoms with E-state index in [9.17, 15) is 23.1 Å². The lowest BCUT2D eigenvalue weighted by Crippen LogP contribution is -2.40. The van der Waals surface area contributed by atoms with Crippen LogP contribution in [-0.4, -0.2) is 42.3 Å². The average Bonchev–Trinajstić information content (AvgIpc) is 2.88. The van der Waals surface area contributed by atoms with Crippen molar-refractivity contribution < 1.29 is 23.1 Å². The maximum Gasteiger partial charge on any atom is 0.326 e. The number of rotatable bonds is 19. The topological polar surface area (TPSA) is 104 Å². The van der Waals surface area contributed by atoms with Gasteiger partial charge < -0.3 is 10.4 Å². The van der Waals surface area contributed by atoms with Crippen molar-refractivity contribution in [3.05, 3.63) is 64.7 Å². The Morgan fingerprint density at radius 3 is 2.08 bits per heavy atom. The van der Waals surface area contributed by atoms with Gasteiger partial charge in [-0.05, 0) is 63.1 Å². The van der Waals surface area contributed by atoms with Gasteiger partial charge in [0.2, 0.25) is 15.9 Å². The number of carbonyl (C=O) groups is 2. The molecule has 7 nitrogen and oxygen atoms in total. The lowest BCUT2D eigenvalue weighted by Gasteiger charge is -2.25. The Balaban J connectivity index is 1.98. The van der Waals surface area contributed by atoms with Crippen molar-refractivity contribution in [1.29, 1.82) is 0 Å². The Morgan fingerprint density at radius 2 is 1.48 bits per heavy atom. The van der Waals surface area contributed by atoms with Crippen LogP contribution in [0.15, 0.2) is 47.4 Å². The SMILES string of the molecule is CCCCCCCCCC(=O)NC(CCCCN(Cc1ccccc1)S(=O)(=O)c1c(C)cc(C)cc1C)C(=O)O. The summed E-state index contributed by atoms with van der Waals surface area (Å²) < 4.78 is 29.2. The standard InChI is InChI=1S/C32H48N2O5S/c1-5-6-7-8-9-10-14-20-30(35)33-29(32(36)37)19-15-16-21-34(24-28-17-12-11-13-18-28)40(38,39)31-26(3)22-25(2)23-27(31)4/h11-13,17-18,22-23,29H,5-10,14-16,19-21,24H2,1-4H3,(H,33,35)(H,36,37). The first-order chi connectivity index (χ1) is 19.1. The van der Waals surface area contributed by atoms with E-state index in [0.717, 1.165) is 30.4 Å². The van der Waals surface area contributed by atoms with Crippen molar-refractivity contribution in [3.63, 3.8) is 0 Å². The molecule has 1 unspecified atom stereocenters. The molecule has 0 spiro atoms. The highest BCUT2D eigenvalue weighted by atomic mass is 32.2. The predicted octanol–water partition coefficient (Wildman–Crippen LogP) is 6.68. The molecule has 0 aliphatic heterocycles. The molecule has 0 heterocycles. The molecular weight excluding hydrogens is 524 g/mol. The molecule has 222 valence electrons. The van der Waals surface area contributed by atoms with Crippen LogP contribution in [0.2, 0.25) is 0 Å². The zero-order valence-electron chi connectivity index (χ0n) is 24.7. The molecule has 2 aromatic carbocycles. The van der Waals surface area contributed by atoms with E-state index in [1.165, 1.54) is 30.0 Å². The number of benzene rings is 2. The quantitative estimate of drug-likeness (QED) is 0.183. The second kappa shape index (κ2) is 17.2. The Bertz CT molecular complexity index is 1160. The van der Waals surface area contributed by atoms with Gasteiger partial charge >= 0.3 is 5.97 Å². The molecule has 2 aromatic rings. The minimum atomic E-state index is -3.79. The van der Waals surface area contributed by atoms with E-state index in [1.807, 2.05) is 63.2 Å². The number of aliphatic carboxylic acids is 1. The van der Waals surface area contributed by atoms with E-state index in [1.54, 1.807) is 0 Å². The monoisotopic (exact) mass is 572 g/mol. The summed E-state index contributed by atoms with van der Waals surface area (Å²) >= 11 is 0. The highest BCUT2D eigenvalue weighted by molar-refractivity contribution is 7.89. The van der Waals surface area contributed by atoms with Gasteiger partial charge in [-0.25, -0.2) is 13.2 Å². The van der Waals surface area contributed by atoms with Crippen LogP contribution < -0.4 is 5.32 Å². The summed E-state index contributed by atoms with van der Waals surface area (Å²) in [6.07, 6.45) is 9.19. The molecule has 0 aliphatic carbocycles. The zero-order valence-corrected chi connectivity index (χ0v) is 25.6. The number of carboxylic acids is 1. The van der Waals surface area contributed by atoms with E-state index in [-0.39, 0.29) is 25.4 Å². The van der Waals surface area contributed by atoms with E-state index in [0.29, 0.717) is 35.3 Å². The number of nitrogens with one attached hydrogen (secondary N) is 1. The highest BCUT2D eigenvalue weighted by Crippen LogP contribution is 2.27. The third-order valence-electron chi connectivity index (χ3n) is 7.20. The van der Waals surface area contributed by atoms with E-state index in [2.05, 4.69) is 12.2 Å². The van der Waals surface area contributed by atoms with Crippen molar-refractivity contribution in [2.45, 2.75) is 116 Å². The van der Waals surface area contributed by atoms with Crippen molar-refractivity contribution in [2.24, 2.45) is 0 Å². The normalized spacial score (nSPS) is 12.4. The van der Waals surface area contributed by atoms with Gasteiger partial charge in [0.05, 0.1) is 4.90 Å². The maximum absolute atomic E-state index is 13.8. The molecule has 2 N–H and O–H groups in total. The van der Waals surface area contributed by atoms with Gasteiger partial charge in [0.25, 0.3) is 0 Å². The van der Waals surface area contributed by atoms with Gasteiger partial charge in [0.15, 0.2) is 0 Å². The van der Waals surface area contributed by atoms with E-state index >= 15 is 0 Å². The summed E-state index contributed by atoms with van der Waals surface area (Å²) in [7, 11) is -3.79. The first-order valence-corrected chi connectivity index (χ1v) is 16.1. The van der Waals surface area contributed by atoms with Gasteiger partial charge in [-0.1, -0.05) is 93.5 Å². The first-order valence-electron chi connectivity index (χ1n) is 14.7. The van der Waals surface area contributed by atoms with Gasteiger partial charge in [-0.3, -0.25) is 4.79 Å². The summed E-state index contributed by atoms with van der Waals surface area (Å²) in [6.45, 7) is 8.25. The Kier molecular flexibility index (Phi) is 14.4. The molecule has 2 rings (SSSR count). The van der Waals surface area contributed by atoms with Crippen LogP contribution >= 0.6 is 0 Å². The predicted molar refractivity (Wildman–Crippen MR) is 161 cm³/mol. The van der Waals surface area contributed by atoms with Crippen LogP contribution in [0.5, 0.6) is 0 Å². The summed E-state index contributed by atoms with van der Waals surface area (Å²) in [5.74, 6) is -1.30. The van der Waals surface area contributed by atoms with Gasteiger partial charge in [-0.15, -0.1) is 0 Å². The second-order valence-corrected chi connectivity index (χ2v) is 12.8.